The Hall–Kier alpha value is -1.33. The van der Waals surface area contributed by atoms with E-state index >= 15 is 0 Å². The zero-order chi connectivity index (χ0) is 14.2. The molecule has 0 saturated carbocycles. The molecule has 5 heteroatoms. The molecule has 5 nitrogen and oxygen atoms in total. The van der Waals surface area contributed by atoms with Crippen molar-refractivity contribution in [3.63, 3.8) is 0 Å². The van der Waals surface area contributed by atoms with Crippen LogP contribution in [0.4, 0.5) is 0 Å². The first-order chi connectivity index (χ1) is 9.83. The number of nitrogens with zero attached hydrogens (tertiary/aromatic N) is 2. The molecule has 2 rings (SSSR count). The van der Waals surface area contributed by atoms with Crippen molar-refractivity contribution in [2.75, 3.05) is 19.8 Å². The van der Waals surface area contributed by atoms with Gasteiger partial charge in [0.05, 0.1) is 31.6 Å². The van der Waals surface area contributed by atoms with Gasteiger partial charge < -0.3 is 14.8 Å². The van der Waals surface area contributed by atoms with Crippen LogP contribution in [0.2, 0.25) is 0 Å². The Balaban J connectivity index is 1.74. The van der Waals surface area contributed by atoms with Crippen LogP contribution >= 0.6 is 0 Å². The summed E-state index contributed by atoms with van der Waals surface area (Å²) >= 11 is 0. The predicted octanol–water partition coefficient (Wildman–Crippen LogP) is 2.00. The summed E-state index contributed by atoms with van der Waals surface area (Å²) in [7, 11) is 0. The van der Waals surface area contributed by atoms with Crippen molar-refractivity contribution in [1.82, 2.24) is 15.1 Å². The molecule has 1 aliphatic rings. The summed E-state index contributed by atoms with van der Waals surface area (Å²) in [6, 6.07) is 0.267. The molecule has 0 aromatic carbocycles. The van der Waals surface area contributed by atoms with Crippen LogP contribution in [0, 0.1) is 0 Å². The Morgan fingerprint density at radius 2 is 2.45 bits per heavy atom. The number of allylic oxidation sites excluding steroid dienone is 1. The molecule has 0 aliphatic carbocycles. The van der Waals surface area contributed by atoms with Gasteiger partial charge in [0, 0.05) is 6.54 Å². The molecule has 1 fully saturated rings. The number of hydrogen-bond donors (Lipinski definition) is 1. The first-order valence-corrected chi connectivity index (χ1v) is 7.44. The van der Waals surface area contributed by atoms with E-state index in [4.69, 9.17) is 9.47 Å². The van der Waals surface area contributed by atoms with Gasteiger partial charge in [-0.25, -0.2) is 0 Å². The van der Waals surface area contributed by atoms with Crippen LogP contribution in [0.5, 0.6) is 5.75 Å². The van der Waals surface area contributed by atoms with Crippen LogP contribution in [0.15, 0.2) is 25.0 Å². The average molecular weight is 279 g/mol. The first-order valence-electron chi connectivity index (χ1n) is 7.44. The lowest BCUT2D eigenvalue weighted by atomic mass is 10.2. The number of rotatable bonds is 9. The number of nitrogens with one attached hydrogen (secondary N) is 1. The molecule has 1 aromatic rings. The quantitative estimate of drug-likeness (QED) is 0.555. The minimum Gasteiger partial charge on any atom is -0.483 e. The third kappa shape index (κ3) is 4.35. The number of ether oxygens (including phenoxy) is 2. The van der Waals surface area contributed by atoms with Crippen molar-refractivity contribution in [1.29, 1.82) is 0 Å². The smallest absolute Gasteiger partial charge is 0.157 e. The van der Waals surface area contributed by atoms with Crippen LogP contribution in [0.25, 0.3) is 0 Å². The lowest BCUT2D eigenvalue weighted by Gasteiger charge is -2.19. The van der Waals surface area contributed by atoms with Gasteiger partial charge in [0.15, 0.2) is 5.75 Å². The van der Waals surface area contributed by atoms with Gasteiger partial charge >= 0.3 is 0 Å². The molecule has 20 heavy (non-hydrogen) atoms. The van der Waals surface area contributed by atoms with Gasteiger partial charge in [0.25, 0.3) is 0 Å². The Kier molecular flexibility index (Phi) is 6.08. The third-order valence-corrected chi connectivity index (χ3v) is 3.49. The van der Waals surface area contributed by atoms with Crippen molar-refractivity contribution in [2.45, 2.75) is 44.9 Å². The van der Waals surface area contributed by atoms with Crippen LogP contribution in [0.3, 0.4) is 0 Å². The van der Waals surface area contributed by atoms with Gasteiger partial charge in [-0.2, -0.15) is 5.10 Å². The number of unbranched alkanes of at least 4 members (excludes halogenated alkanes) is 2. The summed E-state index contributed by atoms with van der Waals surface area (Å²) in [5.41, 5.74) is 0. The van der Waals surface area contributed by atoms with E-state index in [9.17, 15) is 0 Å². The van der Waals surface area contributed by atoms with Crippen molar-refractivity contribution < 1.29 is 9.47 Å². The molecule has 0 bridgehead atoms. The van der Waals surface area contributed by atoms with E-state index in [1.54, 1.807) is 6.20 Å². The molecule has 1 aliphatic heterocycles. The highest BCUT2D eigenvalue weighted by Gasteiger charge is 2.29. The summed E-state index contributed by atoms with van der Waals surface area (Å²) < 4.78 is 13.3. The fraction of sp³-hybridized carbons (Fsp3) is 0.667. The van der Waals surface area contributed by atoms with E-state index < -0.39 is 0 Å². The fourth-order valence-electron chi connectivity index (χ4n) is 2.30. The molecular weight excluding hydrogens is 254 g/mol. The second-order valence-corrected chi connectivity index (χ2v) is 5.07. The van der Waals surface area contributed by atoms with E-state index in [-0.39, 0.29) is 12.1 Å². The molecule has 1 saturated heterocycles. The molecule has 1 aromatic heterocycles. The Morgan fingerprint density at radius 1 is 1.55 bits per heavy atom. The Morgan fingerprint density at radius 3 is 3.20 bits per heavy atom. The molecule has 0 unspecified atom stereocenters. The standard InChI is InChI=1S/C15H25N3O2/c1-3-5-6-7-8-16-14-11-19-12-15(14)20-13-9-17-18(4-2)10-13/h3,9-10,14-16H,1,4-8,11-12H2,2H3/t14-,15+/m0/s1. The van der Waals surface area contributed by atoms with Gasteiger partial charge in [-0.3, -0.25) is 4.68 Å². The zero-order valence-corrected chi connectivity index (χ0v) is 12.3. The second kappa shape index (κ2) is 8.07. The normalized spacial score (nSPS) is 22.1. The summed E-state index contributed by atoms with van der Waals surface area (Å²) in [6.45, 7) is 9.00. The minimum absolute atomic E-state index is 0.0731. The third-order valence-electron chi connectivity index (χ3n) is 3.49. The van der Waals surface area contributed by atoms with E-state index in [0.717, 1.165) is 31.7 Å². The molecule has 2 atom stereocenters. The monoisotopic (exact) mass is 279 g/mol. The Labute approximate surface area is 120 Å². The largest absolute Gasteiger partial charge is 0.483 e. The molecule has 1 N–H and O–H groups in total. The highest BCUT2D eigenvalue weighted by Crippen LogP contribution is 2.16. The number of hydrogen-bond acceptors (Lipinski definition) is 4. The van der Waals surface area contributed by atoms with E-state index in [1.807, 2.05) is 17.0 Å². The van der Waals surface area contributed by atoms with Gasteiger partial charge in [-0.1, -0.05) is 6.08 Å². The molecule has 112 valence electrons. The van der Waals surface area contributed by atoms with Crippen LogP contribution in [-0.4, -0.2) is 41.7 Å². The zero-order valence-electron chi connectivity index (χ0n) is 12.3. The van der Waals surface area contributed by atoms with Crippen LogP contribution < -0.4 is 10.1 Å². The number of aromatic nitrogens is 2. The lowest BCUT2D eigenvalue weighted by molar-refractivity contribution is 0.139. The van der Waals surface area contributed by atoms with Gasteiger partial charge in [0.2, 0.25) is 0 Å². The van der Waals surface area contributed by atoms with Crippen LogP contribution in [0.1, 0.15) is 26.2 Å². The molecular formula is C15H25N3O2. The maximum atomic E-state index is 5.96. The van der Waals surface area contributed by atoms with E-state index in [0.29, 0.717) is 13.2 Å². The molecule has 0 spiro atoms. The van der Waals surface area contributed by atoms with Crippen molar-refractivity contribution >= 4 is 0 Å². The van der Waals surface area contributed by atoms with E-state index in [2.05, 4.69) is 23.9 Å². The molecule has 0 radical (unpaired) electrons. The molecule has 2 heterocycles. The fourth-order valence-corrected chi connectivity index (χ4v) is 2.30. The second-order valence-electron chi connectivity index (χ2n) is 5.07. The van der Waals surface area contributed by atoms with E-state index in [1.165, 1.54) is 6.42 Å². The highest BCUT2D eigenvalue weighted by atomic mass is 16.5. The van der Waals surface area contributed by atoms with Gasteiger partial charge in [0.1, 0.15) is 6.10 Å². The van der Waals surface area contributed by atoms with Gasteiger partial charge in [-0.15, -0.1) is 6.58 Å². The predicted molar refractivity (Wildman–Crippen MR) is 79.0 cm³/mol. The van der Waals surface area contributed by atoms with Gasteiger partial charge in [-0.05, 0) is 32.7 Å². The summed E-state index contributed by atoms with van der Waals surface area (Å²) in [5, 5.41) is 7.74. The Bertz CT molecular complexity index is 406. The van der Waals surface area contributed by atoms with Crippen LogP contribution in [-0.2, 0) is 11.3 Å². The SMILES string of the molecule is C=CCCCCN[C@H]1COC[C@H]1Oc1cnn(CC)c1. The summed E-state index contributed by atoms with van der Waals surface area (Å²) in [5.74, 6) is 0.820. The van der Waals surface area contributed by atoms with Crippen molar-refractivity contribution in [2.24, 2.45) is 0 Å². The summed E-state index contributed by atoms with van der Waals surface area (Å²) in [4.78, 5) is 0. The number of aryl methyl sites for hydroxylation is 1. The minimum atomic E-state index is 0.0731. The molecule has 0 amide bonds. The van der Waals surface area contributed by atoms with Crippen molar-refractivity contribution in [3.05, 3.63) is 25.0 Å². The maximum absolute atomic E-state index is 5.96. The first kappa shape index (κ1) is 15.1. The maximum Gasteiger partial charge on any atom is 0.157 e. The van der Waals surface area contributed by atoms with Crippen molar-refractivity contribution in [3.8, 4) is 5.75 Å². The highest BCUT2D eigenvalue weighted by molar-refractivity contribution is 5.13. The summed E-state index contributed by atoms with van der Waals surface area (Å²) in [6.07, 6.45) is 9.16. The lowest BCUT2D eigenvalue weighted by Crippen LogP contribution is -2.42. The average Bonchev–Trinajstić information content (AvgIpc) is 3.09. The topological polar surface area (TPSA) is 48.3 Å².